The second-order valence-electron chi connectivity index (χ2n) is 4.98. The molecule has 1 fully saturated rings. The van der Waals surface area contributed by atoms with E-state index in [0.717, 1.165) is 12.3 Å². The van der Waals surface area contributed by atoms with Crippen LogP contribution in [0, 0.1) is 11.3 Å². The van der Waals surface area contributed by atoms with Crippen molar-refractivity contribution >= 4 is 5.71 Å². The molecule has 0 N–H and O–H groups in total. The van der Waals surface area contributed by atoms with Gasteiger partial charge in [-0.25, -0.2) is 0 Å². The zero-order valence-corrected chi connectivity index (χ0v) is 8.22. The van der Waals surface area contributed by atoms with E-state index in [-0.39, 0.29) is 0 Å². The summed E-state index contributed by atoms with van der Waals surface area (Å²) in [5, 5.41) is 0. The topological polar surface area (TPSA) is 12.4 Å². The third-order valence-electron chi connectivity index (χ3n) is 2.77. The first-order valence-electron chi connectivity index (χ1n) is 4.83. The Bertz CT molecular complexity index is 249. The van der Waals surface area contributed by atoms with Crippen LogP contribution in [0.4, 0.5) is 0 Å². The molecule has 1 heterocycles. The smallest absolute Gasteiger partial charge is 0.0268 e. The first-order valence-corrected chi connectivity index (χ1v) is 4.83. The zero-order chi connectivity index (χ0) is 8.77. The van der Waals surface area contributed by atoms with Gasteiger partial charge in [0.15, 0.2) is 0 Å². The Hall–Kier alpha value is -0.590. The van der Waals surface area contributed by atoms with Crippen molar-refractivity contribution in [3.63, 3.8) is 0 Å². The summed E-state index contributed by atoms with van der Waals surface area (Å²) in [5.74, 6) is 0.848. The minimum absolute atomic E-state index is 0.320. The van der Waals surface area contributed by atoms with Crippen LogP contribution in [0.3, 0.4) is 0 Å². The average Bonchev–Trinajstić information content (AvgIpc) is 2.66. The van der Waals surface area contributed by atoms with Gasteiger partial charge >= 0.3 is 0 Å². The maximum absolute atomic E-state index is 4.50. The van der Waals surface area contributed by atoms with Crippen molar-refractivity contribution in [3.8, 4) is 0 Å². The van der Waals surface area contributed by atoms with Crippen LogP contribution in [0.2, 0.25) is 0 Å². The molecule has 0 aromatic rings. The molecule has 0 spiro atoms. The van der Waals surface area contributed by atoms with Crippen molar-refractivity contribution in [2.24, 2.45) is 16.3 Å². The number of allylic oxidation sites excluding steroid dienone is 1. The summed E-state index contributed by atoms with van der Waals surface area (Å²) >= 11 is 0. The summed E-state index contributed by atoms with van der Waals surface area (Å²) in [7, 11) is 0. The molecule has 66 valence electrons. The van der Waals surface area contributed by atoms with Crippen molar-refractivity contribution in [2.45, 2.75) is 40.0 Å². The van der Waals surface area contributed by atoms with Gasteiger partial charge in [-0.05, 0) is 29.7 Å². The van der Waals surface area contributed by atoms with Crippen LogP contribution >= 0.6 is 0 Å². The summed E-state index contributed by atoms with van der Waals surface area (Å²) in [6, 6.07) is 0. The van der Waals surface area contributed by atoms with E-state index in [1.807, 2.05) is 0 Å². The molecular formula is C11H17N. The van der Waals surface area contributed by atoms with Crippen LogP contribution in [-0.2, 0) is 0 Å². The van der Waals surface area contributed by atoms with Gasteiger partial charge in [-0.3, -0.25) is 4.99 Å². The summed E-state index contributed by atoms with van der Waals surface area (Å²) in [5.41, 5.74) is 3.27. The second kappa shape index (κ2) is 2.45. The molecule has 0 aromatic carbocycles. The Labute approximate surface area is 74.6 Å². The maximum atomic E-state index is 4.50. The van der Waals surface area contributed by atoms with E-state index >= 15 is 0 Å². The molecule has 0 saturated heterocycles. The minimum Gasteiger partial charge on any atom is -0.265 e. The lowest BCUT2D eigenvalue weighted by Crippen LogP contribution is -2.10. The first-order chi connectivity index (χ1) is 5.57. The molecule has 12 heavy (non-hydrogen) atoms. The molecule has 1 heteroatoms. The lowest BCUT2D eigenvalue weighted by Gasteiger charge is -2.19. The van der Waals surface area contributed by atoms with Crippen molar-refractivity contribution in [3.05, 3.63) is 11.8 Å². The number of hydrogen-bond acceptors (Lipinski definition) is 1. The molecule has 0 aromatic heterocycles. The van der Waals surface area contributed by atoms with Crippen LogP contribution in [0.25, 0.3) is 0 Å². The molecule has 0 radical (unpaired) electrons. The first kappa shape index (κ1) is 8.03. The van der Waals surface area contributed by atoms with Gasteiger partial charge in [0.1, 0.15) is 0 Å². The molecule has 0 atom stereocenters. The molecule has 2 rings (SSSR count). The van der Waals surface area contributed by atoms with Gasteiger partial charge < -0.3 is 0 Å². The Morgan fingerprint density at radius 1 is 1.33 bits per heavy atom. The maximum Gasteiger partial charge on any atom is 0.0268 e. The summed E-state index contributed by atoms with van der Waals surface area (Å²) in [6.45, 7) is 6.80. The minimum atomic E-state index is 0.320. The molecular weight excluding hydrogens is 146 g/mol. The normalized spacial score (nSPS) is 23.9. The lowest BCUT2D eigenvalue weighted by atomic mass is 9.84. The molecule has 0 bridgehead atoms. The number of rotatable bonds is 1. The zero-order valence-electron chi connectivity index (χ0n) is 8.22. The third kappa shape index (κ3) is 1.45. The van der Waals surface area contributed by atoms with Crippen LogP contribution in [0.15, 0.2) is 16.8 Å². The summed E-state index contributed by atoms with van der Waals surface area (Å²) in [4.78, 5) is 4.50. The van der Waals surface area contributed by atoms with Crippen LogP contribution in [-0.4, -0.2) is 5.71 Å². The van der Waals surface area contributed by atoms with Gasteiger partial charge in [0.05, 0.1) is 0 Å². The molecule has 2 aliphatic rings. The van der Waals surface area contributed by atoms with Crippen molar-refractivity contribution in [1.82, 2.24) is 0 Å². The number of hydrogen-bond donors (Lipinski definition) is 0. The fourth-order valence-electron chi connectivity index (χ4n) is 1.57. The van der Waals surface area contributed by atoms with Gasteiger partial charge in [0.25, 0.3) is 0 Å². The monoisotopic (exact) mass is 163 g/mol. The molecule has 0 amide bonds. The predicted molar refractivity (Wildman–Crippen MR) is 52.3 cm³/mol. The van der Waals surface area contributed by atoms with Crippen LogP contribution in [0.1, 0.15) is 40.0 Å². The Morgan fingerprint density at radius 2 is 2.00 bits per heavy atom. The lowest BCUT2D eigenvalue weighted by molar-refractivity contribution is 0.498. The highest BCUT2D eigenvalue weighted by Gasteiger charge is 2.31. The van der Waals surface area contributed by atoms with Gasteiger partial charge in [-0.1, -0.05) is 20.8 Å². The standard InChI is InChI=1S/C11H17N/c1-11(2,3)9-6-10(12-7-9)8-4-5-8/h7-8H,4-6H2,1-3H3. The second-order valence-corrected chi connectivity index (χ2v) is 4.98. The highest BCUT2D eigenvalue weighted by atomic mass is 14.8. The molecule has 1 aliphatic carbocycles. The van der Waals surface area contributed by atoms with E-state index in [1.54, 1.807) is 0 Å². The number of aliphatic imine (C=N–C) groups is 1. The summed E-state index contributed by atoms with van der Waals surface area (Å²) < 4.78 is 0. The largest absolute Gasteiger partial charge is 0.265 e. The highest BCUT2D eigenvalue weighted by molar-refractivity contribution is 5.93. The quantitative estimate of drug-likeness (QED) is 0.563. The summed E-state index contributed by atoms with van der Waals surface area (Å²) in [6.07, 6.45) is 6.00. The predicted octanol–water partition coefficient (Wildman–Crippen LogP) is 3.17. The van der Waals surface area contributed by atoms with E-state index in [1.165, 1.54) is 24.1 Å². The average molecular weight is 163 g/mol. The van der Waals surface area contributed by atoms with Gasteiger partial charge in [0.2, 0.25) is 0 Å². The van der Waals surface area contributed by atoms with Crippen molar-refractivity contribution in [2.75, 3.05) is 0 Å². The van der Waals surface area contributed by atoms with Gasteiger partial charge in [-0.2, -0.15) is 0 Å². The van der Waals surface area contributed by atoms with Gasteiger partial charge in [0, 0.05) is 18.3 Å². The Morgan fingerprint density at radius 3 is 2.42 bits per heavy atom. The fraction of sp³-hybridized carbons (Fsp3) is 0.727. The number of nitrogens with zero attached hydrogens (tertiary/aromatic N) is 1. The Kier molecular flexibility index (Phi) is 1.64. The van der Waals surface area contributed by atoms with E-state index in [0.29, 0.717) is 5.41 Å². The van der Waals surface area contributed by atoms with E-state index in [2.05, 4.69) is 32.0 Å². The SMILES string of the molecule is CC(C)(C)C1=CN=C(C2CC2)C1. The van der Waals surface area contributed by atoms with Gasteiger partial charge in [-0.15, -0.1) is 0 Å². The van der Waals surface area contributed by atoms with E-state index in [9.17, 15) is 0 Å². The Balaban J connectivity index is 2.01. The van der Waals surface area contributed by atoms with E-state index < -0.39 is 0 Å². The molecule has 1 nitrogen and oxygen atoms in total. The third-order valence-corrected chi connectivity index (χ3v) is 2.77. The van der Waals surface area contributed by atoms with E-state index in [4.69, 9.17) is 0 Å². The molecule has 1 saturated carbocycles. The molecule has 1 aliphatic heterocycles. The van der Waals surface area contributed by atoms with Crippen LogP contribution < -0.4 is 0 Å². The fourth-order valence-corrected chi connectivity index (χ4v) is 1.57. The highest BCUT2D eigenvalue weighted by Crippen LogP contribution is 2.39. The van der Waals surface area contributed by atoms with Crippen molar-refractivity contribution < 1.29 is 0 Å². The van der Waals surface area contributed by atoms with Crippen LogP contribution in [0.5, 0.6) is 0 Å². The molecule has 0 unspecified atom stereocenters. The van der Waals surface area contributed by atoms with Crippen molar-refractivity contribution in [1.29, 1.82) is 0 Å².